The predicted octanol–water partition coefficient (Wildman–Crippen LogP) is 4.27. The number of para-hydroxylation sites is 4. The Kier molecular flexibility index (Phi) is 2.46. The van der Waals surface area contributed by atoms with E-state index in [4.69, 9.17) is 20.0 Å². The van der Waals surface area contributed by atoms with Crippen LogP contribution in [0, 0.1) is 10.4 Å². The Morgan fingerprint density at radius 3 is 2.21 bits per heavy atom. The molecule has 4 nitrogen and oxygen atoms in total. The van der Waals surface area contributed by atoms with Crippen LogP contribution in [0.25, 0.3) is 33.2 Å². The molecule has 5 aromatic rings. The first-order valence-corrected chi connectivity index (χ1v) is 9.27. The van der Waals surface area contributed by atoms with Crippen molar-refractivity contribution in [3.05, 3.63) is 93.9 Å². The lowest BCUT2D eigenvalue weighted by molar-refractivity contribution is 1.32. The molecule has 0 atom stereocenters. The second kappa shape index (κ2) is 4.87. The van der Waals surface area contributed by atoms with Gasteiger partial charge >= 0.3 is 0 Å². The third-order valence-electron chi connectivity index (χ3n) is 5.55. The van der Waals surface area contributed by atoms with Gasteiger partial charge in [0.25, 0.3) is 0 Å². The molecule has 0 amide bonds. The Bertz CT molecular complexity index is 1720. The van der Waals surface area contributed by atoms with Gasteiger partial charge in [-0.3, -0.25) is 0 Å². The van der Waals surface area contributed by atoms with Gasteiger partial charge in [0.2, 0.25) is 0 Å². The van der Waals surface area contributed by atoms with Crippen molar-refractivity contribution in [2.75, 3.05) is 0 Å². The van der Waals surface area contributed by atoms with Gasteiger partial charge in [0, 0.05) is 21.6 Å². The van der Waals surface area contributed by atoms with Crippen molar-refractivity contribution in [3.63, 3.8) is 0 Å². The normalized spacial score (nSPS) is 12.9. The largest absolute Gasteiger partial charge is 0.247 e. The quantitative estimate of drug-likeness (QED) is 0.381. The second-order valence-corrected chi connectivity index (χ2v) is 7.11. The molecule has 128 valence electrons. The minimum atomic E-state index is 0.843. The van der Waals surface area contributed by atoms with E-state index >= 15 is 0 Å². The lowest BCUT2D eigenvalue weighted by Crippen LogP contribution is -2.08. The van der Waals surface area contributed by atoms with Crippen molar-refractivity contribution in [1.82, 2.24) is 9.97 Å². The van der Waals surface area contributed by atoms with Gasteiger partial charge in [0.15, 0.2) is 0 Å². The van der Waals surface area contributed by atoms with Gasteiger partial charge in [0.05, 0.1) is 27.4 Å². The first-order valence-electron chi connectivity index (χ1n) is 9.27. The van der Waals surface area contributed by atoms with Crippen LogP contribution in [-0.2, 0) is 0 Å². The van der Waals surface area contributed by atoms with Crippen LogP contribution in [0.5, 0.6) is 0 Å². The number of nitrogens with zero attached hydrogens (tertiary/aromatic N) is 4. The van der Waals surface area contributed by atoms with Crippen molar-refractivity contribution in [1.29, 1.82) is 0 Å². The fraction of sp³-hybridized carbons (Fsp3) is 0. The van der Waals surface area contributed by atoms with E-state index in [-0.39, 0.29) is 0 Å². The first kappa shape index (κ1) is 14.2. The Hall–Kier alpha value is -3.92. The van der Waals surface area contributed by atoms with E-state index in [1.54, 1.807) is 0 Å². The van der Waals surface area contributed by atoms with E-state index in [1.165, 1.54) is 0 Å². The fourth-order valence-corrected chi connectivity index (χ4v) is 4.34. The standard InChI is InChI=1S/C24H12N4/c1-3-9-15-13(7-1)20-21(25-15)19-14-8-2-4-10-16(14)26-22(19)24-23(20)27-17-11-5-6-12-18(17)28-24/h1-12H. The number of hydrogen-bond acceptors (Lipinski definition) is 4. The molecule has 2 aliphatic heterocycles. The zero-order valence-electron chi connectivity index (χ0n) is 14.7. The molecule has 7 rings (SSSR count). The van der Waals surface area contributed by atoms with Crippen molar-refractivity contribution in [2.45, 2.75) is 0 Å². The summed E-state index contributed by atoms with van der Waals surface area (Å²) in [6.45, 7) is 0. The minimum Gasteiger partial charge on any atom is -0.247 e. The summed E-state index contributed by atoms with van der Waals surface area (Å²) in [7, 11) is 0. The third-order valence-corrected chi connectivity index (χ3v) is 5.55. The van der Waals surface area contributed by atoms with Crippen molar-refractivity contribution < 1.29 is 0 Å². The van der Waals surface area contributed by atoms with Gasteiger partial charge in [-0.2, -0.15) is 0 Å². The molecule has 0 spiro atoms. The summed E-state index contributed by atoms with van der Waals surface area (Å²) >= 11 is 0. The Balaban J connectivity index is 1.85. The van der Waals surface area contributed by atoms with Crippen LogP contribution in [0.2, 0.25) is 0 Å². The number of rotatable bonds is 0. The molecule has 0 N–H and O–H groups in total. The Labute approximate surface area is 158 Å². The van der Waals surface area contributed by atoms with Crippen LogP contribution < -0.4 is 10.7 Å². The Morgan fingerprint density at radius 1 is 0.607 bits per heavy atom. The van der Waals surface area contributed by atoms with Gasteiger partial charge in [0.1, 0.15) is 16.7 Å². The molecule has 0 saturated carbocycles. The molecule has 2 aliphatic rings. The highest BCUT2D eigenvalue weighted by Gasteiger charge is 2.24. The molecule has 1 aromatic heterocycles. The average molecular weight is 356 g/mol. The first-order chi connectivity index (χ1) is 13.9. The number of aromatic nitrogens is 2. The van der Waals surface area contributed by atoms with Gasteiger partial charge < -0.3 is 0 Å². The number of benzene rings is 4. The number of hydrogen-bond donors (Lipinski definition) is 0. The molecule has 28 heavy (non-hydrogen) atoms. The highest BCUT2D eigenvalue weighted by molar-refractivity contribution is 6.04. The van der Waals surface area contributed by atoms with Crippen LogP contribution in [0.15, 0.2) is 82.8 Å². The summed E-state index contributed by atoms with van der Waals surface area (Å²) in [6, 6.07) is 24.5. The zero-order valence-corrected chi connectivity index (χ0v) is 14.7. The van der Waals surface area contributed by atoms with Crippen LogP contribution in [0.3, 0.4) is 0 Å². The summed E-state index contributed by atoms with van der Waals surface area (Å²) in [5, 5.41) is 4.11. The molecule has 0 saturated heterocycles. The van der Waals surface area contributed by atoms with E-state index in [0.29, 0.717) is 0 Å². The molecule has 3 heterocycles. The molecular weight excluding hydrogens is 344 g/mol. The predicted molar refractivity (Wildman–Crippen MR) is 108 cm³/mol. The van der Waals surface area contributed by atoms with Crippen molar-refractivity contribution >= 4 is 33.4 Å². The topological polar surface area (TPSA) is 50.5 Å². The smallest absolute Gasteiger partial charge is 0.117 e. The molecule has 0 fully saturated rings. The molecule has 0 radical (unpaired) electrons. The van der Waals surface area contributed by atoms with Gasteiger partial charge in [-0.15, -0.1) is 0 Å². The summed E-state index contributed by atoms with van der Waals surface area (Å²) < 4.78 is 0. The minimum absolute atomic E-state index is 0.843. The van der Waals surface area contributed by atoms with E-state index in [0.717, 1.165) is 65.7 Å². The highest BCUT2D eigenvalue weighted by Crippen LogP contribution is 2.39. The van der Waals surface area contributed by atoms with Crippen molar-refractivity contribution in [2.24, 2.45) is 9.98 Å². The maximum atomic E-state index is 5.01. The lowest BCUT2D eigenvalue weighted by atomic mass is 10.0. The monoisotopic (exact) mass is 356 g/mol. The van der Waals surface area contributed by atoms with E-state index in [1.807, 2.05) is 48.5 Å². The van der Waals surface area contributed by atoms with Crippen LogP contribution in [-0.4, -0.2) is 9.97 Å². The van der Waals surface area contributed by atoms with Crippen LogP contribution >= 0.6 is 0 Å². The SMILES string of the molecule is c1ccc2c(c1)N=c1c-2c2nc3ccccc3nc2c2c1=c1ccccc1=N2. The summed E-state index contributed by atoms with van der Waals surface area (Å²) in [4.78, 5) is 19.9. The van der Waals surface area contributed by atoms with E-state index in [9.17, 15) is 0 Å². The van der Waals surface area contributed by atoms with Crippen LogP contribution in [0.4, 0.5) is 11.4 Å². The lowest BCUT2D eigenvalue weighted by Gasteiger charge is -2.07. The molecule has 4 heteroatoms. The molecule has 4 aromatic carbocycles. The van der Waals surface area contributed by atoms with E-state index in [2.05, 4.69) is 24.3 Å². The van der Waals surface area contributed by atoms with Gasteiger partial charge in [-0.05, 0) is 24.3 Å². The summed E-state index contributed by atoms with van der Waals surface area (Å²) in [6.07, 6.45) is 0. The molecule has 0 bridgehead atoms. The van der Waals surface area contributed by atoms with Gasteiger partial charge in [-0.25, -0.2) is 20.0 Å². The molecular formula is C24H12N4. The maximum absolute atomic E-state index is 5.01. The zero-order chi connectivity index (χ0) is 18.2. The average Bonchev–Trinajstić information content (AvgIpc) is 3.31. The van der Waals surface area contributed by atoms with E-state index < -0.39 is 0 Å². The highest BCUT2D eigenvalue weighted by atomic mass is 14.9. The molecule has 0 aliphatic carbocycles. The van der Waals surface area contributed by atoms with Gasteiger partial charge in [-0.1, -0.05) is 48.5 Å². The number of fused-ring (bicyclic) bond motifs is 10. The second-order valence-electron chi connectivity index (χ2n) is 7.11. The Morgan fingerprint density at radius 2 is 1.32 bits per heavy atom. The van der Waals surface area contributed by atoms with Crippen LogP contribution in [0.1, 0.15) is 0 Å². The summed E-state index contributed by atoms with van der Waals surface area (Å²) in [5.41, 5.74) is 7.52. The fourth-order valence-electron chi connectivity index (χ4n) is 4.34. The van der Waals surface area contributed by atoms with Crippen molar-refractivity contribution in [3.8, 4) is 11.1 Å². The third kappa shape index (κ3) is 1.65. The summed E-state index contributed by atoms with van der Waals surface area (Å²) in [5.74, 6) is 0. The molecule has 0 unspecified atom stereocenters. The maximum Gasteiger partial charge on any atom is 0.117 e.